The minimum atomic E-state index is -0.372. The zero-order valence-corrected chi connectivity index (χ0v) is 28.6. The first-order valence-electron chi connectivity index (χ1n) is 17.6. The number of carbonyl (C=O) groups excluding carboxylic acids is 1. The van der Waals surface area contributed by atoms with Crippen molar-refractivity contribution in [3.8, 4) is 23.0 Å². The average Bonchev–Trinajstić information content (AvgIpc) is 3.00. The molecule has 0 aromatic heterocycles. The van der Waals surface area contributed by atoms with Crippen LogP contribution in [0.15, 0.2) is 12.1 Å². The normalized spacial score (nSPS) is 12.0. The van der Waals surface area contributed by atoms with E-state index in [1.165, 1.54) is 57.4 Å². The number of carbonyl (C=O) groups is 1. The lowest BCUT2D eigenvalue weighted by atomic mass is 10.1. The van der Waals surface area contributed by atoms with Crippen molar-refractivity contribution in [1.82, 2.24) is 0 Å². The third kappa shape index (κ3) is 17.5. The second-order valence-electron chi connectivity index (χ2n) is 11.6. The first-order chi connectivity index (χ1) is 21.0. The smallest absolute Gasteiger partial charge is 0.331 e. The Balaban J connectivity index is 3.51. The highest BCUT2D eigenvalue weighted by Gasteiger charge is 2.23. The van der Waals surface area contributed by atoms with E-state index in [4.69, 9.17) is 23.7 Å². The van der Waals surface area contributed by atoms with Crippen LogP contribution in [-0.2, 0) is 9.53 Å². The number of hydrogen-bond acceptors (Lipinski definition) is 6. The third-order valence-corrected chi connectivity index (χ3v) is 7.46. The van der Waals surface area contributed by atoms with Gasteiger partial charge in [0.1, 0.15) is 0 Å². The van der Waals surface area contributed by atoms with Crippen LogP contribution in [0.4, 0.5) is 0 Å². The number of unbranched alkanes of at least 4 members (excludes halogenated alkanes) is 12. The van der Waals surface area contributed by atoms with Gasteiger partial charge in [0, 0.05) is 11.6 Å². The summed E-state index contributed by atoms with van der Waals surface area (Å²) in [7, 11) is 0. The minimum Gasteiger partial charge on any atom is -0.490 e. The second-order valence-corrected chi connectivity index (χ2v) is 11.6. The molecule has 0 amide bonds. The standard InChI is InChI=1S/C37H64O6/c1-7-12-16-20-26-39-33-30-32(24-25-34(38)43-31(6)11-5)35(40-27-21-17-13-8-2)37(42-29-23-19-15-10-4)36(33)41-28-22-18-14-9-3/h24-25,30-31H,7-23,26-29H2,1-6H3. The fourth-order valence-corrected chi connectivity index (χ4v) is 4.56. The van der Waals surface area contributed by atoms with Crippen LogP contribution in [0.3, 0.4) is 0 Å². The first kappa shape index (κ1) is 38.7. The Bertz CT molecular complexity index is 865. The van der Waals surface area contributed by atoms with Crippen molar-refractivity contribution in [3.05, 3.63) is 17.7 Å². The minimum absolute atomic E-state index is 0.140. The van der Waals surface area contributed by atoms with Crippen molar-refractivity contribution < 1.29 is 28.5 Å². The maximum absolute atomic E-state index is 12.6. The maximum atomic E-state index is 12.6. The van der Waals surface area contributed by atoms with Crippen LogP contribution in [0.2, 0.25) is 0 Å². The van der Waals surface area contributed by atoms with E-state index in [1.807, 2.05) is 19.9 Å². The molecular weight excluding hydrogens is 540 g/mol. The molecule has 0 saturated carbocycles. The van der Waals surface area contributed by atoms with Crippen molar-refractivity contribution >= 4 is 12.0 Å². The highest BCUT2D eigenvalue weighted by molar-refractivity contribution is 5.88. The van der Waals surface area contributed by atoms with Crippen LogP contribution in [0.5, 0.6) is 23.0 Å². The van der Waals surface area contributed by atoms with Crippen LogP contribution >= 0.6 is 0 Å². The SMILES string of the molecule is CCCCCCOc1cc(C=CC(=O)OC(C)CC)c(OCCCCCC)c(OCCCCCC)c1OCCCCCC. The molecule has 0 N–H and O–H groups in total. The van der Waals surface area contributed by atoms with E-state index >= 15 is 0 Å². The molecule has 6 heteroatoms. The largest absolute Gasteiger partial charge is 0.490 e. The van der Waals surface area contributed by atoms with Gasteiger partial charge in [-0.15, -0.1) is 0 Å². The van der Waals surface area contributed by atoms with Crippen molar-refractivity contribution in [2.75, 3.05) is 26.4 Å². The zero-order chi connectivity index (χ0) is 31.5. The van der Waals surface area contributed by atoms with Crippen molar-refractivity contribution in [2.24, 2.45) is 0 Å². The van der Waals surface area contributed by atoms with E-state index in [0.717, 1.165) is 63.4 Å². The fraction of sp³-hybridized carbons (Fsp3) is 0.757. The Morgan fingerprint density at radius 1 is 0.605 bits per heavy atom. The summed E-state index contributed by atoms with van der Waals surface area (Å²) in [4.78, 5) is 12.6. The van der Waals surface area contributed by atoms with Gasteiger partial charge in [-0.05, 0) is 51.2 Å². The third-order valence-electron chi connectivity index (χ3n) is 7.46. The van der Waals surface area contributed by atoms with Gasteiger partial charge in [0.25, 0.3) is 0 Å². The van der Waals surface area contributed by atoms with E-state index < -0.39 is 0 Å². The molecule has 43 heavy (non-hydrogen) atoms. The topological polar surface area (TPSA) is 63.2 Å². The van der Waals surface area contributed by atoms with Gasteiger partial charge in [-0.1, -0.05) is 112 Å². The van der Waals surface area contributed by atoms with Crippen LogP contribution in [-0.4, -0.2) is 38.5 Å². The number of rotatable bonds is 28. The molecule has 248 valence electrons. The molecule has 1 aromatic rings. The van der Waals surface area contributed by atoms with Gasteiger partial charge in [-0.25, -0.2) is 4.79 Å². The summed E-state index contributed by atoms with van der Waals surface area (Å²) in [5.41, 5.74) is 0.738. The molecule has 1 unspecified atom stereocenters. The molecular formula is C37H64O6. The van der Waals surface area contributed by atoms with Gasteiger partial charge in [0.05, 0.1) is 32.5 Å². The molecule has 0 fully saturated rings. The van der Waals surface area contributed by atoms with Gasteiger partial charge in [-0.2, -0.15) is 0 Å². The van der Waals surface area contributed by atoms with Gasteiger partial charge >= 0.3 is 5.97 Å². The molecule has 0 radical (unpaired) electrons. The monoisotopic (exact) mass is 604 g/mol. The highest BCUT2D eigenvalue weighted by Crippen LogP contribution is 2.48. The molecule has 6 nitrogen and oxygen atoms in total. The lowest BCUT2D eigenvalue weighted by Gasteiger charge is -2.22. The number of hydrogen-bond donors (Lipinski definition) is 0. The van der Waals surface area contributed by atoms with Crippen molar-refractivity contribution in [3.63, 3.8) is 0 Å². The van der Waals surface area contributed by atoms with Crippen LogP contribution in [0, 0.1) is 0 Å². The van der Waals surface area contributed by atoms with Gasteiger partial charge < -0.3 is 23.7 Å². The molecule has 0 heterocycles. The molecule has 1 rings (SSSR count). The summed E-state index contributed by atoms with van der Waals surface area (Å²) >= 11 is 0. The Hall–Kier alpha value is -2.37. The van der Waals surface area contributed by atoms with Gasteiger partial charge in [0.2, 0.25) is 11.5 Å². The first-order valence-corrected chi connectivity index (χ1v) is 17.6. The maximum Gasteiger partial charge on any atom is 0.331 e. The predicted molar refractivity (Wildman–Crippen MR) is 180 cm³/mol. The summed E-state index contributed by atoms with van der Waals surface area (Å²) in [6.07, 6.45) is 21.6. The van der Waals surface area contributed by atoms with E-state index in [-0.39, 0.29) is 12.1 Å². The summed E-state index contributed by atoms with van der Waals surface area (Å²) in [6, 6.07) is 1.94. The summed E-state index contributed by atoms with van der Waals surface area (Å²) in [5, 5.41) is 0. The molecule has 0 bridgehead atoms. The molecule has 0 saturated heterocycles. The lowest BCUT2D eigenvalue weighted by Crippen LogP contribution is -2.11. The van der Waals surface area contributed by atoms with Gasteiger partial charge in [-0.3, -0.25) is 0 Å². The summed E-state index contributed by atoms with van der Waals surface area (Å²) in [6.45, 7) is 15.1. The average molecular weight is 605 g/mol. The highest BCUT2D eigenvalue weighted by atomic mass is 16.6. The fourth-order valence-electron chi connectivity index (χ4n) is 4.56. The van der Waals surface area contributed by atoms with E-state index in [1.54, 1.807) is 6.08 Å². The van der Waals surface area contributed by atoms with Crippen LogP contribution in [0.1, 0.15) is 156 Å². The molecule has 0 aliphatic heterocycles. The Morgan fingerprint density at radius 2 is 1.05 bits per heavy atom. The van der Waals surface area contributed by atoms with Crippen LogP contribution < -0.4 is 18.9 Å². The molecule has 1 aromatic carbocycles. The lowest BCUT2D eigenvalue weighted by molar-refractivity contribution is -0.142. The Labute approximate surface area is 264 Å². The van der Waals surface area contributed by atoms with E-state index in [2.05, 4.69) is 27.7 Å². The van der Waals surface area contributed by atoms with E-state index in [0.29, 0.717) is 49.4 Å². The summed E-state index contributed by atoms with van der Waals surface area (Å²) in [5.74, 6) is 2.09. The Morgan fingerprint density at radius 3 is 1.51 bits per heavy atom. The number of benzene rings is 1. The predicted octanol–water partition coefficient (Wildman–Crippen LogP) is 10.9. The molecule has 0 spiro atoms. The molecule has 0 aliphatic carbocycles. The second kappa shape index (κ2) is 26.1. The zero-order valence-electron chi connectivity index (χ0n) is 28.6. The van der Waals surface area contributed by atoms with Crippen molar-refractivity contribution in [1.29, 1.82) is 0 Å². The van der Waals surface area contributed by atoms with E-state index in [9.17, 15) is 4.79 Å². The number of ether oxygens (including phenoxy) is 5. The van der Waals surface area contributed by atoms with Crippen molar-refractivity contribution in [2.45, 2.75) is 157 Å². The molecule has 1 atom stereocenters. The van der Waals surface area contributed by atoms with Gasteiger partial charge in [0.15, 0.2) is 11.5 Å². The quantitative estimate of drug-likeness (QED) is 0.0538. The Kier molecular flexibility index (Phi) is 23.4. The molecule has 0 aliphatic rings. The number of esters is 1. The summed E-state index contributed by atoms with van der Waals surface area (Å²) < 4.78 is 31.3. The van der Waals surface area contributed by atoms with Crippen LogP contribution in [0.25, 0.3) is 6.08 Å².